The van der Waals surface area contributed by atoms with Crippen molar-refractivity contribution in [3.63, 3.8) is 0 Å². The summed E-state index contributed by atoms with van der Waals surface area (Å²) in [6.07, 6.45) is 4.12. The maximum atomic E-state index is 5.99. The Bertz CT molecular complexity index is 373. The van der Waals surface area contributed by atoms with Crippen molar-refractivity contribution in [2.24, 2.45) is 0 Å². The van der Waals surface area contributed by atoms with Gasteiger partial charge < -0.3 is 9.47 Å². The maximum Gasteiger partial charge on any atom is 0.169 e. The standard InChI is InChI=1S/C15H21ClO2/c1-3-9-15(17-11-12(2)18-15)10-8-13-4-6-14(16)7-5-13/h4-7,12H,3,8-11H2,1-2H3/t12-,15+/m1/s1. The number of aryl methyl sites for hydroxylation is 1. The fourth-order valence-electron chi connectivity index (χ4n) is 2.46. The molecule has 0 spiro atoms. The van der Waals surface area contributed by atoms with Crippen LogP contribution in [0.5, 0.6) is 0 Å². The number of rotatable bonds is 5. The van der Waals surface area contributed by atoms with E-state index in [4.69, 9.17) is 21.1 Å². The van der Waals surface area contributed by atoms with E-state index in [2.05, 4.69) is 26.0 Å². The van der Waals surface area contributed by atoms with Gasteiger partial charge in [-0.3, -0.25) is 0 Å². The third kappa shape index (κ3) is 3.47. The lowest BCUT2D eigenvalue weighted by molar-refractivity contribution is -0.175. The van der Waals surface area contributed by atoms with Crippen LogP contribution in [0.3, 0.4) is 0 Å². The van der Waals surface area contributed by atoms with Gasteiger partial charge in [0.25, 0.3) is 0 Å². The second-order valence-corrected chi connectivity index (χ2v) is 5.46. The number of hydrogen-bond acceptors (Lipinski definition) is 2. The van der Waals surface area contributed by atoms with Gasteiger partial charge in [0, 0.05) is 17.9 Å². The Morgan fingerprint density at radius 2 is 2.00 bits per heavy atom. The SMILES string of the molecule is CCC[C@]1(CCc2ccc(Cl)cc2)OC[C@@H](C)O1. The Morgan fingerprint density at radius 1 is 1.28 bits per heavy atom. The fraction of sp³-hybridized carbons (Fsp3) is 0.600. The normalized spacial score (nSPS) is 27.6. The van der Waals surface area contributed by atoms with E-state index >= 15 is 0 Å². The molecule has 0 bridgehead atoms. The summed E-state index contributed by atoms with van der Waals surface area (Å²) in [5.74, 6) is -0.367. The van der Waals surface area contributed by atoms with E-state index in [1.807, 2.05) is 12.1 Å². The Morgan fingerprint density at radius 3 is 2.56 bits per heavy atom. The highest BCUT2D eigenvalue weighted by atomic mass is 35.5. The van der Waals surface area contributed by atoms with Gasteiger partial charge in [-0.25, -0.2) is 0 Å². The summed E-state index contributed by atoms with van der Waals surface area (Å²) in [7, 11) is 0. The van der Waals surface area contributed by atoms with E-state index in [1.54, 1.807) is 0 Å². The molecular weight excluding hydrogens is 248 g/mol. The number of benzene rings is 1. The zero-order chi connectivity index (χ0) is 13.0. The van der Waals surface area contributed by atoms with E-state index in [1.165, 1.54) is 5.56 Å². The molecule has 100 valence electrons. The number of ether oxygens (including phenoxy) is 2. The average molecular weight is 269 g/mol. The Labute approximate surface area is 114 Å². The molecule has 18 heavy (non-hydrogen) atoms. The molecule has 0 N–H and O–H groups in total. The highest BCUT2D eigenvalue weighted by Gasteiger charge is 2.38. The molecule has 1 aliphatic heterocycles. The van der Waals surface area contributed by atoms with Gasteiger partial charge in [-0.2, -0.15) is 0 Å². The number of hydrogen-bond donors (Lipinski definition) is 0. The van der Waals surface area contributed by atoms with E-state index in [0.29, 0.717) is 6.61 Å². The lowest BCUT2D eigenvalue weighted by atomic mass is 10.0. The molecule has 0 aromatic heterocycles. The van der Waals surface area contributed by atoms with Crippen LogP contribution in [-0.4, -0.2) is 18.5 Å². The zero-order valence-electron chi connectivity index (χ0n) is 11.1. The first-order valence-corrected chi connectivity index (χ1v) is 7.07. The maximum absolute atomic E-state index is 5.99. The van der Waals surface area contributed by atoms with Gasteiger partial charge >= 0.3 is 0 Å². The second-order valence-electron chi connectivity index (χ2n) is 5.03. The third-order valence-electron chi connectivity index (χ3n) is 3.34. The quantitative estimate of drug-likeness (QED) is 0.797. The molecule has 0 amide bonds. The van der Waals surface area contributed by atoms with Crippen LogP contribution >= 0.6 is 11.6 Å². The van der Waals surface area contributed by atoms with Crippen LogP contribution < -0.4 is 0 Å². The highest BCUT2D eigenvalue weighted by molar-refractivity contribution is 6.30. The topological polar surface area (TPSA) is 18.5 Å². The van der Waals surface area contributed by atoms with Crippen molar-refractivity contribution in [3.05, 3.63) is 34.9 Å². The van der Waals surface area contributed by atoms with Crippen molar-refractivity contribution >= 4 is 11.6 Å². The highest BCUT2D eigenvalue weighted by Crippen LogP contribution is 2.33. The summed E-state index contributed by atoms with van der Waals surface area (Å²) in [6.45, 7) is 4.94. The fourth-order valence-corrected chi connectivity index (χ4v) is 2.58. The van der Waals surface area contributed by atoms with Crippen LogP contribution in [0.1, 0.15) is 38.7 Å². The molecule has 1 fully saturated rings. The second kappa shape index (κ2) is 6.05. The molecule has 0 radical (unpaired) electrons. The minimum absolute atomic E-state index is 0.210. The molecule has 2 nitrogen and oxygen atoms in total. The van der Waals surface area contributed by atoms with Gasteiger partial charge in [-0.15, -0.1) is 0 Å². The molecule has 3 heteroatoms. The van der Waals surface area contributed by atoms with Gasteiger partial charge in [-0.1, -0.05) is 37.1 Å². The van der Waals surface area contributed by atoms with Crippen molar-refractivity contribution in [1.82, 2.24) is 0 Å². The minimum Gasteiger partial charge on any atom is -0.347 e. The molecule has 1 aliphatic rings. The van der Waals surface area contributed by atoms with Crippen LogP contribution in [0.25, 0.3) is 0 Å². The lowest BCUT2D eigenvalue weighted by Gasteiger charge is -2.27. The average Bonchev–Trinajstić information content (AvgIpc) is 2.71. The summed E-state index contributed by atoms with van der Waals surface area (Å²) in [5, 5.41) is 0.781. The van der Waals surface area contributed by atoms with Gasteiger partial charge in [-0.05, 0) is 31.0 Å². The molecule has 1 aromatic rings. The Kier molecular flexibility index (Phi) is 4.66. The predicted molar refractivity (Wildman–Crippen MR) is 73.9 cm³/mol. The van der Waals surface area contributed by atoms with Crippen molar-refractivity contribution in [2.75, 3.05) is 6.61 Å². The summed E-state index contributed by atoms with van der Waals surface area (Å²) in [6, 6.07) is 8.01. The monoisotopic (exact) mass is 268 g/mol. The first-order chi connectivity index (χ1) is 8.63. The van der Waals surface area contributed by atoms with Gasteiger partial charge in [0.1, 0.15) is 0 Å². The van der Waals surface area contributed by atoms with Crippen LogP contribution in [0.4, 0.5) is 0 Å². The summed E-state index contributed by atoms with van der Waals surface area (Å²) in [5.41, 5.74) is 1.28. The lowest BCUT2D eigenvalue weighted by Crippen LogP contribution is -2.31. The van der Waals surface area contributed by atoms with E-state index in [9.17, 15) is 0 Å². The van der Waals surface area contributed by atoms with Gasteiger partial charge in [0.15, 0.2) is 5.79 Å². The largest absolute Gasteiger partial charge is 0.347 e. The van der Waals surface area contributed by atoms with Crippen LogP contribution in [0.15, 0.2) is 24.3 Å². The van der Waals surface area contributed by atoms with Crippen LogP contribution in [0, 0.1) is 0 Å². The summed E-state index contributed by atoms with van der Waals surface area (Å²) < 4.78 is 11.9. The van der Waals surface area contributed by atoms with Gasteiger partial charge in [0.05, 0.1) is 12.7 Å². The first-order valence-electron chi connectivity index (χ1n) is 6.70. The van der Waals surface area contributed by atoms with Crippen LogP contribution in [0.2, 0.25) is 5.02 Å². The summed E-state index contributed by atoms with van der Waals surface area (Å²) >= 11 is 5.89. The molecule has 0 aliphatic carbocycles. The molecular formula is C15H21ClO2. The van der Waals surface area contributed by atoms with Crippen molar-refractivity contribution < 1.29 is 9.47 Å². The molecule has 0 unspecified atom stereocenters. The van der Waals surface area contributed by atoms with Gasteiger partial charge in [0.2, 0.25) is 0 Å². The third-order valence-corrected chi connectivity index (χ3v) is 3.59. The number of halogens is 1. The molecule has 1 saturated heterocycles. The summed E-state index contributed by atoms with van der Waals surface area (Å²) in [4.78, 5) is 0. The van der Waals surface area contributed by atoms with Crippen molar-refractivity contribution in [1.29, 1.82) is 0 Å². The zero-order valence-corrected chi connectivity index (χ0v) is 11.9. The predicted octanol–water partition coefficient (Wildman–Crippen LogP) is 4.20. The Hall–Kier alpha value is -0.570. The minimum atomic E-state index is -0.367. The molecule has 0 saturated carbocycles. The van der Waals surface area contributed by atoms with Crippen molar-refractivity contribution in [3.8, 4) is 0 Å². The first kappa shape index (κ1) is 13.9. The Balaban J connectivity index is 1.95. The van der Waals surface area contributed by atoms with E-state index in [0.717, 1.165) is 30.7 Å². The van der Waals surface area contributed by atoms with Crippen molar-refractivity contribution in [2.45, 2.75) is 51.4 Å². The van der Waals surface area contributed by atoms with Crippen LogP contribution in [-0.2, 0) is 15.9 Å². The molecule has 1 aromatic carbocycles. The molecule has 1 heterocycles. The van der Waals surface area contributed by atoms with E-state index < -0.39 is 0 Å². The van der Waals surface area contributed by atoms with E-state index in [-0.39, 0.29) is 11.9 Å². The molecule has 2 atom stereocenters. The molecule has 2 rings (SSSR count). The smallest absolute Gasteiger partial charge is 0.169 e.